The van der Waals surface area contributed by atoms with Crippen molar-refractivity contribution in [3.63, 3.8) is 0 Å². The molecule has 1 heterocycles. The summed E-state index contributed by atoms with van der Waals surface area (Å²) in [5.41, 5.74) is 2.18. The Bertz CT molecular complexity index is 958. The number of benzene rings is 2. The quantitative estimate of drug-likeness (QED) is 0.485. The van der Waals surface area contributed by atoms with E-state index in [0.29, 0.717) is 5.56 Å². The van der Waals surface area contributed by atoms with E-state index in [4.69, 9.17) is 0 Å². The van der Waals surface area contributed by atoms with Gasteiger partial charge in [-0.1, -0.05) is 37.1 Å². The van der Waals surface area contributed by atoms with E-state index in [9.17, 15) is 19.1 Å². The van der Waals surface area contributed by atoms with Crippen LogP contribution in [0.4, 0.5) is 4.39 Å². The minimum Gasteiger partial charge on any atom is -0.507 e. The normalized spacial score (nSPS) is 22.2. The van der Waals surface area contributed by atoms with Crippen LogP contribution in [0.2, 0.25) is 0 Å². The molecule has 4 nitrogen and oxygen atoms in total. The number of aliphatic hydroxyl groups excluding tert-OH is 1. The first kappa shape index (κ1) is 18.4. The number of carbonyl (C=O) groups excluding carboxylic acids is 2. The third kappa shape index (κ3) is 3.01. The molecule has 0 aromatic heterocycles. The molecule has 1 aliphatic heterocycles. The lowest BCUT2D eigenvalue weighted by atomic mass is 9.92. The number of aliphatic hydroxyl groups is 1. The van der Waals surface area contributed by atoms with Crippen molar-refractivity contribution < 1.29 is 19.1 Å². The summed E-state index contributed by atoms with van der Waals surface area (Å²) in [6, 6.07) is 12.2. The summed E-state index contributed by atoms with van der Waals surface area (Å²) in [5.74, 6) is -1.93. The van der Waals surface area contributed by atoms with Crippen LogP contribution in [0.5, 0.6) is 0 Å². The van der Waals surface area contributed by atoms with Crippen molar-refractivity contribution in [3.05, 3.63) is 76.6 Å². The van der Waals surface area contributed by atoms with E-state index >= 15 is 0 Å². The van der Waals surface area contributed by atoms with Gasteiger partial charge in [-0.15, -0.1) is 0 Å². The summed E-state index contributed by atoms with van der Waals surface area (Å²) in [5, 5.41) is 10.9. The second-order valence-corrected chi connectivity index (χ2v) is 7.51. The number of likely N-dealkylation sites (tertiary alicyclic amines) is 1. The van der Waals surface area contributed by atoms with Gasteiger partial charge in [0.1, 0.15) is 11.6 Å². The number of hydrogen-bond acceptors (Lipinski definition) is 3. The van der Waals surface area contributed by atoms with Gasteiger partial charge in [0.15, 0.2) is 0 Å². The van der Waals surface area contributed by atoms with Crippen molar-refractivity contribution in [3.8, 4) is 0 Å². The highest BCUT2D eigenvalue weighted by Crippen LogP contribution is 2.44. The van der Waals surface area contributed by atoms with Gasteiger partial charge in [-0.25, -0.2) is 4.39 Å². The molecule has 1 N–H and O–H groups in total. The van der Waals surface area contributed by atoms with Crippen LogP contribution in [0.15, 0.2) is 54.1 Å². The zero-order valence-electron chi connectivity index (χ0n) is 15.7. The molecule has 1 saturated heterocycles. The maximum Gasteiger partial charge on any atom is 0.295 e. The van der Waals surface area contributed by atoms with Crippen molar-refractivity contribution in [1.82, 2.24) is 4.90 Å². The number of hydrogen-bond donors (Lipinski definition) is 1. The van der Waals surface area contributed by atoms with Crippen molar-refractivity contribution in [2.24, 2.45) is 0 Å². The summed E-state index contributed by atoms with van der Waals surface area (Å²) in [6.07, 6.45) is 3.75. The Morgan fingerprint density at radius 3 is 2.32 bits per heavy atom. The predicted octanol–water partition coefficient (Wildman–Crippen LogP) is 4.50. The minimum atomic E-state index is -0.679. The molecule has 1 aliphatic carbocycles. The summed E-state index contributed by atoms with van der Waals surface area (Å²) >= 11 is 0. The topological polar surface area (TPSA) is 57.6 Å². The number of halogens is 1. The fourth-order valence-corrected chi connectivity index (χ4v) is 4.37. The van der Waals surface area contributed by atoms with Crippen molar-refractivity contribution in [1.29, 1.82) is 0 Å². The molecule has 2 aromatic rings. The molecule has 2 aliphatic rings. The van der Waals surface area contributed by atoms with E-state index in [1.165, 1.54) is 24.3 Å². The largest absolute Gasteiger partial charge is 0.507 e. The molecular weight excluding hydrogens is 357 g/mol. The van der Waals surface area contributed by atoms with Crippen LogP contribution in [0.25, 0.3) is 5.76 Å². The first-order valence-electron chi connectivity index (χ1n) is 9.60. The van der Waals surface area contributed by atoms with E-state index in [2.05, 4.69) is 0 Å². The van der Waals surface area contributed by atoms with Crippen molar-refractivity contribution >= 4 is 17.4 Å². The Hall–Kier alpha value is -2.95. The molecule has 0 bridgehead atoms. The zero-order chi connectivity index (χ0) is 19.8. The van der Waals surface area contributed by atoms with E-state index in [1.54, 1.807) is 4.90 Å². The number of aryl methyl sites for hydroxylation is 1. The lowest BCUT2D eigenvalue weighted by Gasteiger charge is -2.31. The van der Waals surface area contributed by atoms with Gasteiger partial charge in [-0.3, -0.25) is 9.59 Å². The second kappa shape index (κ2) is 7.23. The Morgan fingerprint density at radius 2 is 1.68 bits per heavy atom. The van der Waals surface area contributed by atoms with Gasteiger partial charge in [0, 0.05) is 11.6 Å². The third-order valence-corrected chi connectivity index (χ3v) is 5.80. The Kier molecular flexibility index (Phi) is 4.75. The van der Waals surface area contributed by atoms with Crippen LogP contribution >= 0.6 is 0 Å². The van der Waals surface area contributed by atoms with Crippen LogP contribution in [0.1, 0.15) is 48.4 Å². The average Bonchev–Trinajstić information content (AvgIpc) is 3.30. The number of nitrogens with zero attached hydrogens (tertiary/aromatic N) is 1. The highest BCUT2D eigenvalue weighted by Gasteiger charge is 2.49. The minimum absolute atomic E-state index is 0.0143. The van der Waals surface area contributed by atoms with E-state index in [-0.39, 0.29) is 17.4 Å². The van der Waals surface area contributed by atoms with Crippen molar-refractivity contribution in [2.45, 2.75) is 44.7 Å². The number of ketones is 1. The van der Waals surface area contributed by atoms with Gasteiger partial charge in [0.25, 0.3) is 11.7 Å². The number of amides is 1. The Balaban J connectivity index is 1.91. The summed E-state index contributed by atoms with van der Waals surface area (Å²) < 4.78 is 13.3. The van der Waals surface area contributed by atoms with Crippen LogP contribution < -0.4 is 0 Å². The molecule has 1 atom stereocenters. The number of Topliss-reactive ketones (excluding diaryl/α,β-unsaturated/α-hetero) is 1. The average molecular weight is 379 g/mol. The molecule has 2 fully saturated rings. The molecule has 2 aromatic carbocycles. The monoisotopic (exact) mass is 379 g/mol. The molecule has 0 radical (unpaired) electrons. The highest BCUT2D eigenvalue weighted by molar-refractivity contribution is 6.46. The van der Waals surface area contributed by atoms with Crippen LogP contribution in [0.3, 0.4) is 0 Å². The highest BCUT2D eigenvalue weighted by atomic mass is 19.1. The van der Waals surface area contributed by atoms with E-state index in [1.807, 2.05) is 31.2 Å². The van der Waals surface area contributed by atoms with Gasteiger partial charge in [-0.2, -0.15) is 0 Å². The molecule has 0 spiro atoms. The number of carbonyl (C=O) groups is 2. The maximum absolute atomic E-state index is 13.3. The molecule has 1 unspecified atom stereocenters. The van der Waals surface area contributed by atoms with Gasteiger partial charge in [0.05, 0.1) is 11.6 Å². The fourth-order valence-electron chi connectivity index (χ4n) is 4.37. The smallest absolute Gasteiger partial charge is 0.295 e. The second-order valence-electron chi connectivity index (χ2n) is 7.51. The van der Waals surface area contributed by atoms with E-state index < -0.39 is 23.5 Å². The third-order valence-electron chi connectivity index (χ3n) is 5.80. The summed E-state index contributed by atoms with van der Waals surface area (Å²) in [4.78, 5) is 27.6. The zero-order valence-corrected chi connectivity index (χ0v) is 15.7. The van der Waals surface area contributed by atoms with Crippen molar-refractivity contribution in [2.75, 3.05) is 0 Å². The molecule has 1 amide bonds. The van der Waals surface area contributed by atoms with Gasteiger partial charge in [-0.05, 0) is 55.2 Å². The number of rotatable bonds is 3. The molecule has 144 valence electrons. The summed E-state index contributed by atoms with van der Waals surface area (Å²) in [7, 11) is 0. The molecule has 28 heavy (non-hydrogen) atoms. The van der Waals surface area contributed by atoms with E-state index in [0.717, 1.165) is 36.8 Å². The Labute approximate surface area is 163 Å². The van der Waals surface area contributed by atoms with Gasteiger partial charge >= 0.3 is 0 Å². The standard InChI is InChI=1S/C23H22FNO3/c1-14-6-2-5-9-18(14)20-19(21(26)15-10-12-16(24)13-11-15)22(27)23(28)25(20)17-7-3-4-8-17/h2,5-6,9-13,17,20,26H,3-4,7-8H2,1H3/b21-19-. The summed E-state index contributed by atoms with van der Waals surface area (Å²) in [6.45, 7) is 1.93. The molecule has 4 rings (SSSR count). The van der Waals surface area contributed by atoms with Crippen LogP contribution in [0, 0.1) is 12.7 Å². The van der Waals surface area contributed by atoms with Gasteiger partial charge < -0.3 is 10.0 Å². The lowest BCUT2D eigenvalue weighted by molar-refractivity contribution is -0.141. The fraction of sp³-hybridized carbons (Fsp3) is 0.304. The first-order valence-corrected chi connectivity index (χ1v) is 9.60. The van der Waals surface area contributed by atoms with Gasteiger partial charge in [0.2, 0.25) is 0 Å². The molecule has 1 saturated carbocycles. The molecule has 5 heteroatoms. The lowest BCUT2D eigenvalue weighted by Crippen LogP contribution is -2.37. The van der Waals surface area contributed by atoms with Crippen LogP contribution in [-0.4, -0.2) is 27.7 Å². The van der Waals surface area contributed by atoms with Crippen LogP contribution in [-0.2, 0) is 9.59 Å². The maximum atomic E-state index is 13.3. The Morgan fingerprint density at radius 1 is 1.04 bits per heavy atom. The molecular formula is C23H22FNO3. The SMILES string of the molecule is Cc1ccccc1C1/C(=C(/O)c2ccc(F)cc2)C(=O)C(=O)N1C1CCCC1. The predicted molar refractivity (Wildman–Crippen MR) is 104 cm³/mol. The first-order chi connectivity index (χ1) is 13.5.